The highest BCUT2D eigenvalue weighted by atomic mass is 16.6. The van der Waals surface area contributed by atoms with Gasteiger partial charge in [0.05, 0.1) is 0 Å². The lowest BCUT2D eigenvalue weighted by atomic mass is 9.83. The zero-order valence-electron chi connectivity index (χ0n) is 21.4. The Balaban J connectivity index is 5.19. The van der Waals surface area contributed by atoms with Crippen molar-refractivity contribution < 1.29 is 23.9 Å². The third kappa shape index (κ3) is 14.8. The van der Waals surface area contributed by atoms with Crippen LogP contribution in [0.25, 0.3) is 0 Å². The Labute approximate surface area is 189 Å². The largest absolute Gasteiger partial charge is 0.460 e. The lowest BCUT2D eigenvalue weighted by molar-refractivity contribution is -0.158. The van der Waals surface area contributed by atoms with Gasteiger partial charge in [-0.15, -0.1) is 0 Å². The van der Waals surface area contributed by atoms with Crippen LogP contribution in [0.15, 0.2) is 0 Å². The van der Waals surface area contributed by atoms with E-state index in [1.807, 2.05) is 0 Å². The molecule has 2 N–H and O–H groups in total. The average Bonchev–Trinajstić information content (AvgIpc) is 2.53. The van der Waals surface area contributed by atoms with Gasteiger partial charge in [0.2, 0.25) is 0 Å². The lowest BCUT2D eigenvalue weighted by Gasteiger charge is -2.32. The molecule has 0 fully saturated rings. The topological polar surface area (TPSA) is 93.7 Å². The standard InChI is InChI=1S/C24H46N2O5/c1-11-12-13-14-18(22(2,3)4)26-21(29)25-17(20(28)31-24(8,9)10)15-16-19(27)30-23(5,6)7/h17-18H,11-16H2,1-10H3,(H2,25,26,29)/t17?,18-/m0/s1. The molecule has 1 unspecified atom stereocenters. The number of hydrogen-bond donors (Lipinski definition) is 2. The minimum absolute atomic E-state index is 0.000654. The van der Waals surface area contributed by atoms with E-state index in [0.717, 1.165) is 25.7 Å². The van der Waals surface area contributed by atoms with Gasteiger partial charge in [0, 0.05) is 12.5 Å². The van der Waals surface area contributed by atoms with Crippen molar-refractivity contribution in [1.29, 1.82) is 0 Å². The molecule has 182 valence electrons. The van der Waals surface area contributed by atoms with E-state index >= 15 is 0 Å². The summed E-state index contributed by atoms with van der Waals surface area (Å²) in [6.45, 7) is 19.0. The Morgan fingerprint density at radius 1 is 0.774 bits per heavy atom. The molecule has 0 aromatic carbocycles. The highest BCUT2D eigenvalue weighted by Crippen LogP contribution is 2.24. The van der Waals surface area contributed by atoms with Gasteiger partial charge in [-0.05, 0) is 59.8 Å². The fourth-order valence-electron chi connectivity index (χ4n) is 2.95. The number of rotatable bonds is 10. The first kappa shape index (κ1) is 29.2. The molecule has 2 atom stereocenters. The molecule has 0 aromatic rings. The minimum atomic E-state index is -0.942. The van der Waals surface area contributed by atoms with Crippen molar-refractivity contribution >= 4 is 18.0 Å². The predicted molar refractivity (Wildman–Crippen MR) is 124 cm³/mol. The zero-order valence-corrected chi connectivity index (χ0v) is 21.4. The van der Waals surface area contributed by atoms with E-state index < -0.39 is 35.2 Å². The first-order chi connectivity index (χ1) is 13.9. The van der Waals surface area contributed by atoms with Gasteiger partial charge in [-0.25, -0.2) is 9.59 Å². The second-order valence-electron chi connectivity index (χ2n) is 11.2. The number of nitrogens with one attached hydrogen (secondary N) is 2. The molecular weight excluding hydrogens is 396 g/mol. The lowest BCUT2D eigenvalue weighted by Crippen LogP contribution is -2.53. The van der Waals surface area contributed by atoms with Crippen LogP contribution in [0.5, 0.6) is 0 Å². The quantitative estimate of drug-likeness (QED) is 0.362. The van der Waals surface area contributed by atoms with E-state index in [4.69, 9.17) is 9.47 Å². The smallest absolute Gasteiger partial charge is 0.329 e. The van der Waals surface area contributed by atoms with Crippen LogP contribution in [0.1, 0.15) is 108 Å². The SMILES string of the molecule is CCCCC[C@H](NC(=O)NC(CCC(=O)OC(C)(C)C)C(=O)OC(C)(C)C)C(C)(C)C. The number of urea groups is 1. The highest BCUT2D eigenvalue weighted by Gasteiger charge is 2.31. The molecule has 7 nitrogen and oxygen atoms in total. The molecular formula is C24H46N2O5. The first-order valence-corrected chi connectivity index (χ1v) is 11.5. The van der Waals surface area contributed by atoms with Crippen molar-refractivity contribution in [2.24, 2.45) is 5.41 Å². The zero-order chi connectivity index (χ0) is 24.5. The Morgan fingerprint density at radius 2 is 1.32 bits per heavy atom. The van der Waals surface area contributed by atoms with Crippen LogP contribution in [0.2, 0.25) is 0 Å². The maximum Gasteiger partial charge on any atom is 0.329 e. The molecule has 0 spiro atoms. The Kier molecular flexibility index (Phi) is 11.6. The van der Waals surface area contributed by atoms with Gasteiger partial charge in [0.1, 0.15) is 17.2 Å². The Morgan fingerprint density at radius 3 is 1.77 bits per heavy atom. The van der Waals surface area contributed by atoms with Crippen LogP contribution in [-0.4, -0.2) is 41.3 Å². The second-order valence-corrected chi connectivity index (χ2v) is 11.2. The van der Waals surface area contributed by atoms with Crippen LogP contribution in [0.3, 0.4) is 0 Å². The number of esters is 2. The number of carbonyl (C=O) groups excluding carboxylic acids is 3. The summed E-state index contributed by atoms with van der Waals surface area (Å²) in [5.41, 5.74) is -1.43. The summed E-state index contributed by atoms with van der Waals surface area (Å²) >= 11 is 0. The summed E-state index contributed by atoms with van der Waals surface area (Å²) < 4.78 is 10.8. The van der Waals surface area contributed by atoms with Gasteiger partial charge < -0.3 is 20.1 Å². The van der Waals surface area contributed by atoms with Crippen molar-refractivity contribution in [2.45, 2.75) is 131 Å². The number of unbranched alkanes of at least 4 members (excludes halogenated alkanes) is 2. The molecule has 0 saturated carbocycles. The van der Waals surface area contributed by atoms with E-state index in [9.17, 15) is 14.4 Å². The van der Waals surface area contributed by atoms with Crippen LogP contribution in [0.4, 0.5) is 4.79 Å². The molecule has 0 aromatic heterocycles. The third-order valence-corrected chi connectivity index (χ3v) is 4.50. The first-order valence-electron chi connectivity index (χ1n) is 11.5. The molecule has 0 saturated heterocycles. The minimum Gasteiger partial charge on any atom is -0.460 e. The van der Waals surface area contributed by atoms with Crippen LogP contribution in [0, 0.1) is 5.41 Å². The van der Waals surface area contributed by atoms with Gasteiger partial charge in [-0.2, -0.15) is 0 Å². The number of hydrogen-bond acceptors (Lipinski definition) is 5. The average molecular weight is 443 g/mol. The highest BCUT2D eigenvalue weighted by molar-refractivity contribution is 5.84. The fraction of sp³-hybridized carbons (Fsp3) is 0.875. The van der Waals surface area contributed by atoms with Crippen molar-refractivity contribution in [3.05, 3.63) is 0 Å². The van der Waals surface area contributed by atoms with Crippen molar-refractivity contribution in [3.63, 3.8) is 0 Å². The second kappa shape index (κ2) is 12.3. The molecule has 7 heteroatoms. The van der Waals surface area contributed by atoms with E-state index in [2.05, 4.69) is 38.3 Å². The summed E-state index contributed by atoms with van der Waals surface area (Å²) in [4.78, 5) is 37.5. The summed E-state index contributed by atoms with van der Waals surface area (Å²) in [6, 6.07) is -1.41. The molecule has 2 amide bonds. The molecule has 0 aliphatic rings. The molecule has 0 bridgehead atoms. The van der Waals surface area contributed by atoms with Crippen LogP contribution in [-0.2, 0) is 19.1 Å². The van der Waals surface area contributed by atoms with Crippen molar-refractivity contribution in [3.8, 4) is 0 Å². The molecule has 0 rings (SSSR count). The summed E-state index contributed by atoms with van der Waals surface area (Å²) in [5.74, 6) is -0.986. The van der Waals surface area contributed by atoms with E-state index in [1.54, 1.807) is 41.5 Å². The maximum absolute atomic E-state index is 12.7. The van der Waals surface area contributed by atoms with E-state index in [1.165, 1.54) is 0 Å². The van der Waals surface area contributed by atoms with Crippen molar-refractivity contribution in [2.75, 3.05) is 0 Å². The third-order valence-electron chi connectivity index (χ3n) is 4.50. The Hall–Kier alpha value is -1.79. The predicted octanol–water partition coefficient (Wildman–Crippen LogP) is 5.11. The Bertz CT molecular complexity index is 582. The molecule has 0 heterocycles. The fourth-order valence-corrected chi connectivity index (χ4v) is 2.95. The van der Waals surface area contributed by atoms with Crippen LogP contribution >= 0.6 is 0 Å². The van der Waals surface area contributed by atoms with Gasteiger partial charge in [-0.3, -0.25) is 4.79 Å². The number of ether oxygens (including phenoxy) is 2. The maximum atomic E-state index is 12.7. The monoisotopic (exact) mass is 442 g/mol. The van der Waals surface area contributed by atoms with Gasteiger partial charge in [0.25, 0.3) is 0 Å². The number of carbonyl (C=O) groups is 3. The van der Waals surface area contributed by atoms with E-state index in [-0.39, 0.29) is 24.3 Å². The van der Waals surface area contributed by atoms with Gasteiger partial charge in [0.15, 0.2) is 0 Å². The van der Waals surface area contributed by atoms with Gasteiger partial charge in [-0.1, -0.05) is 47.0 Å². The molecule has 0 radical (unpaired) electrons. The molecule has 0 aliphatic carbocycles. The molecule has 31 heavy (non-hydrogen) atoms. The van der Waals surface area contributed by atoms with E-state index in [0.29, 0.717) is 0 Å². The van der Waals surface area contributed by atoms with Crippen molar-refractivity contribution in [1.82, 2.24) is 10.6 Å². The van der Waals surface area contributed by atoms with Crippen LogP contribution < -0.4 is 10.6 Å². The summed E-state index contributed by atoms with van der Waals surface area (Å²) in [6.07, 6.45) is 4.20. The normalized spacial score (nSPS) is 14.4. The summed E-state index contributed by atoms with van der Waals surface area (Å²) in [7, 11) is 0. The number of amides is 2. The van der Waals surface area contributed by atoms with Gasteiger partial charge >= 0.3 is 18.0 Å². The summed E-state index contributed by atoms with van der Waals surface area (Å²) in [5, 5.41) is 5.73. The molecule has 0 aliphatic heterocycles.